The molecule has 2 aromatic rings. The number of hydrogen-bond acceptors (Lipinski definition) is 2. The van der Waals surface area contributed by atoms with E-state index in [4.69, 9.17) is 4.74 Å². The van der Waals surface area contributed by atoms with Crippen LogP contribution in [0.5, 0.6) is 11.5 Å². The normalized spacial score (nSPS) is 10.1. The van der Waals surface area contributed by atoms with E-state index in [1.165, 1.54) is 0 Å². The molecule has 0 unspecified atom stereocenters. The highest BCUT2D eigenvalue weighted by molar-refractivity contribution is 14.1. The topological polar surface area (TPSA) is 29.5 Å². The summed E-state index contributed by atoms with van der Waals surface area (Å²) in [5.41, 5.74) is 1.11. The van der Waals surface area contributed by atoms with Crippen LogP contribution in [0.2, 0.25) is 0 Å². The molecular weight excluding hydrogens is 315 g/mol. The van der Waals surface area contributed by atoms with Gasteiger partial charge in [-0.15, -0.1) is 0 Å². The molecular formula is C13H11IO2. The summed E-state index contributed by atoms with van der Waals surface area (Å²) in [5.74, 6) is 0.968. The summed E-state index contributed by atoms with van der Waals surface area (Å²) in [6.07, 6.45) is 0. The van der Waals surface area contributed by atoms with Gasteiger partial charge in [-0.25, -0.2) is 0 Å². The molecule has 0 saturated heterocycles. The fourth-order valence-electron chi connectivity index (χ4n) is 1.35. The van der Waals surface area contributed by atoms with Crippen molar-refractivity contribution in [2.24, 2.45) is 0 Å². The van der Waals surface area contributed by atoms with Gasteiger partial charge in [-0.05, 0) is 40.3 Å². The largest absolute Gasteiger partial charge is 0.507 e. The molecule has 16 heavy (non-hydrogen) atoms. The average molecular weight is 326 g/mol. The fourth-order valence-corrected chi connectivity index (χ4v) is 1.86. The lowest BCUT2D eigenvalue weighted by atomic mass is 10.2. The van der Waals surface area contributed by atoms with Crippen LogP contribution >= 0.6 is 22.6 Å². The predicted molar refractivity (Wildman–Crippen MR) is 71.6 cm³/mol. The predicted octanol–water partition coefficient (Wildman–Crippen LogP) is 3.58. The first-order valence-corrected chi connectivity index (χ1v) is 5.99. The van der Waals surface area contributed by atoms with Crippen molar-refractivity contribution in [3.8, 4) is 11.5 Å². The first kappa shape index (κ1) is 11.3. The van der Waals surface area contributed by atoms with Gasteiger partial charge in [0.2, 0.25) is 0 Å². The summed E-state index contributed by atoms with van der Waals surface area (Å²) in [5, 5.41) is 9.51. The van der Waals surface area contributed by atoms with E-state index >= 15 is 0 Å². The van der Waals surface area contributed by atoms with Crippen LogP contribution < -0.4 is 4.74 Å². The van der Waals surface area contributed by atoms with Crippen LogP contribution in [0.1, 0.15) is 5.56 Å². The van der Waals surface area contributed by atoms with Gasteiger partial charge in [0.25, 0.3) is 0 Å². The van der Waals surface area contributed by atoms with Crippen LogP contribution in [0, 0.1) is 3.57 Å². The molecule has 2 aromatic carbocycles. The van der Waals surface area contributed by atoms with Crippen LogP contribution in [-0.2, 0) is 6.61 Å². The van der Waals surface area contributed by atoms with Gasteiger partial charge < -0.3 is 9.84 Å². The van der Waals surface area contributed by atoms with E-state index in [2.05, 4.69) is 22.6 Å². The first-order chi connectivity index (χ1) is 7.77. The minimum atomic E-state index is 0.256. The van der Waals surface area contributed by atoms with Gasteiger partial charge in [0.1, 0.15) is 18.1 Å². The lowest BCUT2D eigenvalue weighted by Gasteiger charge is -2.08. The van der Waals surface area contributed by atoms with Gasteiger partial charge in [0.15, 0.2) is 0 Å². The molecule has 0 aliphatic carbocycles. The third-order valence-corrected chi connectivity index (χ3v) is 3.26. The number of ether oxygens (including phenoxy) is 1. The third-order valence-electron chi connectivity index (χ3n) is 2.18. The van der Waals surface area contributed by atoms with E-state index in [1.807, 2.05) is 36.4 Å². The molecule has 2 nitrogen and oxygen atoms in total. The van der Waals surface area contributed by atoms with Crippen molar-refractivity contribution in [3.63, 3.8) is 0 Å². The Balaban J connectivity index is 2.08. The standard InChI is InChI=1S/C13H11IO2/c14-13-11(15)7-4-8-12(13)16-9-10-5-2-1-3-6-10/h1-8,15H,9H2. The van der Waals surface area contributed by atoms with Crippen LogP contribution in [-0.4, -0.2) is 5.11 Å². The van der Waals surface area contributed by atoms with Crippen molar-refractivity contribution in [1.82, 2.24) is 0 Å². The number of halogens is 1. The maximum atomic E-state index is 9.51. The molecule has 2 rings (SSSR count). The summed E-state index contributed by atoms with van der Waals surface area (Å²) in [4.78, 5) is 0. The molecule has 0 atom stereocenters. The Morgan fingerprint density at radius 1 is 1.00 bits per heavy atom. The van der Waals surface area contributed by atoms with Crippen molar-refractivity contribution in [2.75, 3.05) is 0 Å². The van der Waals surface area contributed by atoms with Crippen molar-refractivity contribution in [1.29, 1.82) is 0 Å². The molecule has 0 aromatic heterocycles. The highest BCUT2D eigenvalue weighted by atomic mass is 127. The minimum Gasteiger partial charge on any atom is -0.507 e. The van der Waals surface area contributed by atoms with Gasteiger partial charge >= 0.3 is 0 Å². The molecule has 0 saturated carbocycles. The molecule has 0 amide bonds. The first-order valence-electron chi connectivity index (χ1n) is 4.91. The summed E-state index contributed by atoms with van der Waals surface area (Å²) >= 11 is 2.07. The fraction of sp³-hybridized carbons (Fsp3) is 0.0769. The number of phenols is 1. The van der Waals surface area contributed by atoms with E-state index in [0.29, 0.717) is 12.4 Å². The van der Waals surface area contributed by atoms with Crippen molar-refractivity contribution in [3.05, 3.63) is 57.7 Å². The number of benzene rings is 2. The van der Waals surface area contributed by atoms with Crippen molar-refractivity contribution < 1.29 is 9.84 Å². The summed E-state index contributed by atoms with van der Waals surface area (Å²) in [6, 6.07) is 15.2. The van der Waals surface area contributed by atoms with Crippen LogP contribution in [0.15, 0.2) is 48.5 Å². The molecule has 0 aliphatic heterocycles. The second-order valence-corrected chi connectivity index (χ2v) is 4.44. The Morgan fingerprint density at radius 2 is 1.75 bits per heavy atom. The molecule has 82 valence electrons. The van der Waals surface area contributed by atoms with E-state index < -0.39 is 0 Å². The van der Waals surface area contributed by atoms with Crippen LogP contribution in [0.25, 0.3) is 0 Å². The van der Waals surface area contributed by atoms with Gasteiger partial charge in [-0.1, -0.05) is 36.4 Å². The Morgan fingerprint density at radius 3 is 2.50 bits per heavy atom. The molecule has 3 heteroatoms. The zero-order chi connectivity index (χ0) is 11.4. The number of phenolic OH excluding ortho intramolecular Hbond substituents is 1. The molecule has 0 bridgehead atoms. The smallest absolute Gasteiger partial charge is 0.136 e. The van der Waals surface area contributed by atoms with Gasteiger partial charge in [-0.3, -0.25) is 0 Å². The van der Waals surface area contributed by atoms with Crippen LogP contribution in [0.3, 0.4) is 0 Å². The van der Waals surface area contributed by atoms with Gasteiger partial charge in [0.05, 0.1) is 3.57 Å². The quantitative estimate of drug-likeness (QED) is 0.874. The molecule has 0 heterocycles. The lowest BCUT2D eigenvalue weighted by molar-refractivity contribution is 0.301. The Hall–Kier alpha value is -1.23. The molecule has 0 radical (unpaired) electrons. The third kappa shape index (κ3) is 2.66. The monoisotopic (exact) mass is 326 g/mol. The van der Waals surface area contributed by atoms with E-state index in [9.17, 15) is 5.11 Å². The molecule has 1 N–H and O–H groups in total. The second-order valence-electron chi connectivity index (χ2n) is 3.36. The summed E-state index contributed by atoms with van der Waals surface area (Å²) in [7, 11) is 0. The Bertz CT molecular complexity index is 469. The van der Waals surface area contributed by atoms with Gasteiger partial charge in [-0.2, -0.15) is 0 Å². The molecule has 0 aliphatic rings. The number of rotatable bonds is 3. The van der Waals surface area contributed by atoms with E-state index in [1.54, 1.807) is 12.1 Å². The Kier molecular flexibility index (Phi) is 3.66. The maximum Gasteiger partial charge on any atom is 0.136 e. The summed E-state index contributed by atoms with van der Waals surface area (Å²) in [6.45, 7) is 0.514. The summed E-state index contributed by atoms with van der Waals surface area (Å²) < 4.78 is 6.38. The number of hydrogen-bond donors (Lipinski definition) is 1. The molecule has 0 fully saturated rings. The highest BCUT2D eigenvalue weighted by Crippen LogP contribution is 2.29. The number of aromatic hydroxyl groups is 1. The van der Waals surface area contributed by atoms with Crippen molar-refractivity contribution in [2.45, 2.75) is 6.61 Å². The Labute approximate surface area is 108 Å². The maximum absolute atomic E-state index is 9.51. The van der Waals surface area contributed by atoms with E-state index in [-0.39, 0.29) is 5.75 Å². The van der Waals surface area contributed by atoms with Crippen molar-refractivity contribution >= 4 is 22.6 Å². The minimum absolute atomic E-state index is 0.256. The van der Waals surface area contributed by atoms with Crippen LogP contribution in [0.4, 0.5) is 0 Å². The molecule has 0 spiro atoms. The second kappa shape index (κ2) is 5.21. The zero-order valence-corrected chi connectivity index (χ0v) is 10.7. The highest BCUT2D eigenvalue weighted by Gasteiger charge is 2.04. The average Bonchev–Trinajstić information content (AvgIpc) is 2.32. The van der Waals surface area contributed by atoms with E-state index in [0.717, 1.165) is 9.13 Å². The zero-order valence-electron chi connectivity index (χ0n) is 8.56. The SMILES string of the molecule is Oc1cccc(OCc2ccccc2)c1I. The lowest BCUT2D eigenvalue weighted by Crippen LogP contribution is -1.96. The van der Waals surface area contributed by atoms with Gasteiger partial charge in [0, 0.05) is 0 Å².